The van der Waals surface area contributed by atoms with Gasteiger partial charge in [-0.15, -0.1) is 0 Å². The second-order valence-electron chi connectivity index (χ2n) is 2.94. The van der Waals surface area contributed by atoms with Crippen molar-refractivity contribution in [3.05, 3.63) is 22.7 Å². The zero-order valence-electron chi connectivity index (χ0n) is 7.06. The summed E-state index contributed by atoms with van der Waals surface area (Å²) in [5.41, 5.74) is 1.59. The lowest BCUT2D eigenvalue weighted by Crippen LogP contribution is -2.25. The van der Waals surface area contributed by atoms with Gasteiger partial charge >= 0.3 is 0 Å². The molecule has 13 heavy (non-hydrogen) atoms. The van der Waals surface area contributed by atoms with E-state index in [-0.39, 0.29) is 12.5 Å². The Kier molecular flexibility index (Phi) is 1.88. The molecule has 0 saturated heterocycles. The topological polar surface area (TPSA) is 38.3 Å². The molecule has 0 aliphatic carbocycles. The molecule has 0 unspecified atom stereocenters. The summed E-state index contributed by atoms with van der Waals surface area (Å²) < 4.78 is 5.25. The van der Waals surface area contributed by atoms with Gasteiger partial charge in [-0.05, 0) is 24.6 Å². The van der Waals surface area contributed by atoms with Crippen LogP contribution >= 0.6 is 11.6 Å². The highest BCUT2D eigenvalue weighted by Gasteiger charge is 2.17. The summed E-state index contributed by atoms with van der Waals surface area (Å²) >= 11 is 5.82. The first-order chi connectivity index (χ1) is 6.16. The molecule has 0 aromatic heterocycles. The molecular formula is C9H8ClNO2. The molecule has 1 aliphatic heterocycles. The van der Waals surface area contributed by atoms with Gasteiger partial charge in [-0.25, -0.2) is 0 Å². The van der Waals surface area contributed by atoms with E-state index < -0.39 is 0 Å². The monoisotopic (exact) mass is 197 g/mol. The normalized spacial score (nSPS) is 14.5. The van der Waals surface area contributed by atoms with Crippen LogP contribution in [0.3, 0.4) is 0 Å². The van der Waals surface area contributed by atoms with Crippen LogP contribution < -0.4 is 10.1 Å². The third-order valence-corrected chi connectivity index (χ3v) is 2.08. The Balaban J connectivity index is 2.53. The fraction of sp³-hybridized carbons (Fsp3) is 0.222. The molecule has 0 fully saturated rings. The Morgan fingerprint density at radius 2 is 2.31 bits per heavy atom. The number of amides is 1. The highest BCUT2D eigenvalue weighted by atomic mass is 35.5. The lowest BCUT2D eigenvalue weighted by Gasteiger charge is -2.19. The molecule has 0 atom stereocenters. The lowest BCUT2D eigenvalue weighted by atomic mass is 10.2. The van der Waals surface area contributed by atoms with E-state index in [0.717, 1.165) is 5.56 Å². The van der Waals surface area contributed by atoms with Crippen LogP contribution in [0.25, 0.3) is 0 Å². The van der Waals surface area contributed by atoms with Gasteiger partial charge in [-0.3, -0.25) is 4.79 Å². The van der Waals surface area contributed by atoms with E-state index in [1.165, 1.54) is 0 Å². The molecule has 1 N–H and O–H groups in total. The largest absolute Gasteiger partial charge is 0.481 e. The Morgan fingerprint density at radius 3 is 3.08 bits per heavy atom. The van der Waals surface area contributed by atoms with Crippen LogP contribution in [0.1, 0.15) is 5.56 Å². The maximum atomic E-state index is 11.0. The molecule has 0 radical (unpaired) electrons. The molecule has 0 spiro atoms. The number of benzene rings is 1. The zero-order chi connectivity index (χ0) is 9.42. The maximum Gasteiger partial charge on any atom is 0.262 e. The molecular weight excluding hydrogens is 190 g/mol. The number of fused-ring (bicyclic) bond motifs is 1. The standard InChI is InChI=1S/C9H8ClNO2/c1-5-2-6(10)3-7-9(5)13-4-8(12)11-7/h2-3H,4H2,1H3,(H,11,12). The van der Waals surface area contributed by atoms with Crippen molar-refractivity contribution in [2.45, 2.75) is 6.92 Å². The minimum atomic E-state index is -0.144. The number of hydrogen-bond acceptors (Lipinski definition) is 2. The van der Waals surface area contributed by atoms with Crippen LogP contribution in [-0.2, 0) is 4.79 Å². The first-order valence-corrected chi connectivity index (χ1v) is 4.27. The van der Waals surface area contributed by atoms with Crippen LogP contribution in [0.4, 0.5) is 5.69 Å². The van der Waals surface area contributed by atoms with E-state index in [1.807, 2.05) is 6.92 Å². The van der Waals surface area contributed by atoms with Gasteiger partial charge in [0, 0.05) is 5.02 Å². The molecule has 1 aliphatic rings. The second-order valence-corrected chi connectivity index (χ2v) is 3.37. The molecule has 1 aromatic carbocycles. The number of carbonyl (C=O) groups excluding carboxylic acids is 1. The smallest absolute Gasteiger partial charge is 0.262 e. The van der Waals surface area contributed by atoms with E-state index >= 15 is 0 Å². The van der Waals surface area contributed by atoms with Gasteiger partial charge in [-0.1, -0.05) is 11.6 Å². The van der Waals surface area contributed by atoms with Gasteiger partial charge in [0.2, 0.25) is 0 Å². The van der Waals surface area contributed by atoms with Crippen molar-refractivity contribution in [1.29, 1.82) is 0 Å². The molecule has 4 heteroatoms. The highest BCUT2D eigenvalue weighted by Crippen LogP contribution is 2.33. The molecule has 1 aromatic rings. The SMILES string of the molecule is Cc1cc(Cl)cc2c1OCC(=O)N2. The van der Waals surface area contributed by atoms with Crippen LogP contribution in [0.15, 0.2) is 12.1 Å². The predicted octanol–water partition coefficient (Wildman–Crippen LogP) is 1.98. The van der Waals surface area contributed by atoms with E-state index in [9.17, 15) is 4.79 Å². The molecule has 0 bridgehead atoms. The van der Waals surface area contributed by atoms with Gasteiger partial charge in [0.25, 0.3) is 5.91 Å². The van der Waals surface area contributed by atoms with Crippen molar-refractivity contribution >= 4 is 23.2 Å². The molecule has 3 nitrogen and oxygen atoms in total. The quantitative estimate of drug-likeness (QED) is 0.691. The summed E-state index contributed by atoms with van der Waals surface area (Å²) in [6.07, 6.45) is 0. The molecule has 1 amide bonds. The van der Waals surface area contributed by atoms with Crippen molar-refractivity contribution in [2.24, 2.45) is 0 Å². The van der Waals surface area contributed by atoms with Crippen LogP contribution in [-0.4, -0.2) is 12.5 Å². The van der Waals surface area contributed by atoms with E-state index in [0.29, 0.717) is 16.5 Å². The summed E-state index contributed by atoms with van der Waals surface area (Å²) in [6.45, 7) is 1.97. The van der Waals surface area contributed by atoms with Crippen molar-refractivity contribution in [2.75, 3.05) is 11.9 Å². The third-order valence-electron chi connectivity index (χ3n) is 1.86. The lowest BCUT2D eigenvalue weighted by molar-refractivity contribution is -0.118. The number of carbonyl (C=O) groups is 1. The molecule has 1 heterocycles. The van der Waals surface area contributed by atoms with Gasteiger partial charge in [0.05, 0.1) is 5.69 Å². The number of halogens is 1. The van der Waals surface area contributed by atoms with Crippen molar-refractivity contribution < 1.29 is 9.53 Å². The number of ether oxygens (including phenoxy) is 1. The van der Waals surface area contributed by atoms with Crippen molar-refractivity contribution in [1.82, 2.24) is 0 Å². The second kappa shape index (κ2) is 2.92. The number of hydrogen-bond donors (Lipinski definition) is 1. The van der Waals surface area contributed by atoms with Crippen LogP contribution in [0.5, 0.6) is 5.75 Å². The minimum Gasteiger partial charge on any atom is -0.481 e. The van der Waals surface area contributed by atoms with Gasteiger partial charge in [0.15, 0.2) is 6.61 Å². The summed E-state index contributed by atoms with van der Waals surface area (Å²) in [4.78, 5) is 11.0. The van der Waals surface area contributed by atoms with Crippen LogP contribution in [0.2, 0.25) is 5.02 Å². The Labute approximate surface area is 80.6 Å². The van der Waals surface area contributed by atoms with E-state index in [4.69, 9.17) is 16.3 Å². The molecule has 2 rings (SSSR count). The Bertz CT molecular complexity index is 376. The van der Waals surface area contributed by atoms with E-state index in [1.54, 1.807) is 12.1 Å². The average Bonchev–Trinajstić information content (AvgIpc) is 2.02. The fourth-order valence-corrected chi connectivity index (χ4v) is 1.61. The molecule has 68 valence electrons. The van der Waals surface area contributed by atoms with Crippen molar-refractivity contribution in [3.63, 3.8) is 0 Å². The van der Waals surface area contributed by atoms with Crippen LogP contribution in [0, 0.1) is 6.92 Å². The number of anilines is 1. The van der Waals surface area contributed by atoms with Gasteiger partial charge < -0.3 is 10.1 Å². The Morgan fingerprint density at radius 1 is 1.54 bits per heavy atom. The maximum absolute atomic E-state index is 11.0. The Hall–Kier alpha value is -1.22. The predicted molar refractivity (Wildman–Crippen MR) is 50.3 cm³/mol. The summed E-state index contributed by atoms with van der Waals surface area (Å²) in [7, 11) is 0. The third kappa shape index (κ3) is 1.47. The fourth-order valence-electron chi connectivity index (χ4n) is 1.34. The van der Waals surface area contributed by atoms with E-state index in [2.05, 4.69) is 5.32 Å². The molecule has 0 saturated carbocycles. The average molecular weight is 198 g/mol. The van der Waals surface area contributed by atoms with Gasteiger partial charge in [-0.2, -0.15) is 0 Å². The number of aryl methyl sites for hydroxylation is 1. The first kappa shape index (κ1) is 8.38. The first-order valence-electron chi connectivity index (χ1n) is 3.89. The number of rotatable bonds is 0. The summed E-state index contributed by atoms with van der Waals surface area (Å²) in [5.74, 6) is 0.568. The van der Waals surface area contributed by atoms with Crippen molar-refractivity contribution in [3.8, 4) is 5.75 Å². The van der Waals surface area contributed by atoms with Gasteiger partial charge in [0.1, 0.15) is 5.75 Å². The summed E-state index contributed by atoms with van der Waals surface area (Å²) in [6, 6.07) is 3.48. The number of nitrogens with one attached hydrogen (secondary N) is 1. The minimum absolute atomic E-state index is 0.0788. The zero-order valence-corrected chi connectivity index (χ0v) is 7.81. The highest BCUT2D eigenvalue weighted by molar-refractivity contribution is 6.31. The summed E-state index contributed by atoms with van der Waals surface area (Å²) in [5, 5.41) is 3.29.